The van der Waals surface area contributed by atoms with Crippen molar-refractivity contribution in [3.05, 3.63) is 35.9 Å². The second-order valence-electron chi connectivity index (χ2n) is 8.09. The molecule has 2 aliphatic heterocycles. The molecule has 1 aromatic carbocycles. The van der Waals surface area contributed by atoms with Gasteiger partial charge in [0.1, 0.15) is 0 Å². The van der Waals surface area contributed by atoms with Gasteiger partial charge in [0.15, 0.2) is 0 Å². The van der Waals surface area contributed by atoms with Crippen LogP contribution in [0.25, 0.3) is 0 Å². The maximum atomic E-state index is 14.0. The fourth-order valence-corrected chi connectivity index (χ4v) is 4.03. The Kier molecular flexibility index (Phi) is 5.21. The number of nitrogens with one attached hydrogen (secondary N) is 2. The molecule has 30 heavy (non-hydrogen) atoms. The molecule has 4 rings (SSSR count). The molecule has 0 radical (unpaired) electrons. The molecule has 0 bridgehead atoms. The molecule has 3 aliphatic rings. The van der Waals surface area contributed by atoms with Gasteiger partial charge >= 0.3 is 12.2 Å². The van der Waals surface area contributed by atoms with Crippen molar-refractivity contribution < 1.29 is 27.6 Å². The van der Waals surface area contributed by atoms with Crippen LogP contribution in [0.1, 0.15) is 31.2 Å². The first-order chi connectivity index (χ1) is 14.2. The molecule has 2 N–H and O–H groups in total. The van der Waals surface area contributed by atoms with Gasteiger partial charge in [0.05, 0.1) is 6.67 Å². The molecule has 1 unspecified atom stereocenters. The second-order valence-corrected chi connectivity index (χ2v) is 8.09. The zero-order valence-corrected chi connectivity index (χ0v) is 16.2. The van der Waals surface area contributed by atoms with E-state index in [0.29, 0.717) is 30.8 Å². The normalized spacial score (nSPS) is 26.0. The molecule has 10 heteroatoms. The molecular weight excluding hydrogens is 401 g/mol. The van der Waals surface area contributed by atoms with Gasteiger partial charge in [0.2, 0.25) is 11.4 Å². The Bertz CT molecular complexity index is 835. The van der Waals surface area contributed by atoms with Crippen molar-refractivity contribution >= 4 is 17.8 Å². The summed E-state index contributed by atoms with van der Waals surface area (Å²) in [6.45, 7) is 0.598. The van der Waals surface area contributed by atoms with Gasteiger partial charge in [-0.05, 0) is 31.2 Å². The summed E-state index contributed by atoms with van der Waals surface area (Å²) in [6, 6.07) is 5.88. The third kappa shape index (κ3) is 3.64. The first-order valence-corrected chi connectivity index (χ1v) is 10.0. The number of benzene rings is 1. The summed E-state index contributed by atoms with van der Waals surface area (Å²) in [5, 5.41) is 4.85. The van der Waals surface area contributed by atoms with Crippen molar-refractivity contribution in [2.24, 2.45) is 5.92 Å². The maximum absolute atomic E-state index is 14.0. The molecule has 3 fully saturated rings. The summed E-state index contributed by atoms with van der Waals surface area (Å²) >= 11 is 0. The van der Waals surface area contributed by atoms with Crippen molar-refractivity contribution in [1.29, 1.82) is 0 Å². The van der Waals surface area contributed by atoms with E-state index < -0.39 is 23.7 Å². The number of hydrogen-bond acceptors (Lipinski definition) is 4. The van der Waals surface area contributed by atoms with Gasteiger partial charge in [-0.15, -0.1) is 0 Å². The number of rotatable bonds is 5. The highest BCUT2D eigenvalue weighted by Gasteiger charge is 2.68. The Labute approximate surface area is 171 Å². The molecule has 7 nitrogen and oxygen atoms in total. The van der Waals surface area contributed by atoms with Crippen LogP contribution in [0.2, 0.25) is 0 Å². The lowest BCUT2D eigenvalue weighted by Gasteiger charge is -2.34. The van der Waals surface area contributed by atoms with Crippen molar-refractivity contribution in [3.8, 4) is 0 Å². The molecule has 4 amide bonds. The minimum absolute atomic E-state index is 0.00677. The van der Waals surface area contributed by atoms with Crippen LogP contribution in [0.3, 0.4) is 0 Å². The number of alkyl halides is 3. The fourth-order valence-electron chi connectivity index (χ4n) is 4.03. The number of halogens is 3. The van der Waals surface area contributed by atoms with Crippen LogP contribution in [0.4, 0.5) is 18.0 Å². The van der Waals surface area contributed by atoms with Crippen LogP contribution in [-0.2, 0) is 15.1 Å². The van der Waals surface area contributed by atoms with Crippen LogP contribution in [0.15, 0.2) is 30.3 Å². The van der Waals surface area contributed by atoms with Crippen molar-refractivity contribution in [3.63, 3.8) is 0 Å². The summed E-state index contributed by atoms with van der Waals surface area (Å²) in [4.78, 5) is 39.8. The molecule has 2 saturated heterocycles. The van der Waals surface area contributed by atoms with E-state index in [2.05, 4.69) is 5.32 Å². The summed E-state index contributed by atoms with van der Waals surface area (Å²) < 4.78 is 42.0. The largest absolute Gasteiger partial charge is 0.425 e. The monoisotopic (exact) mass is 424 g/mol. The third-order valence-corrected chi connectivity index (χ3v) is 5.96. The molecule has 1 aliphatic carbocycles. The van der Waals surface area contributed by atoms with E-state index in [4.69, 9.17) is 0 Å². The van der Waals surface area contributed by atoms with Gasteiger partial charge in [0.25, 0.3) is 5.91 Å². The minimum atomic E-state index is -5.00. The minimum Gasteiger partial charge on any atom is -0.353 e. The summed E-state index contributed by atoms with van der Waals surface area (Å²) in [7, 11) is 0. The summed E-state index contributed by atoms with van der Waals surface area (Å²) in [5.41, 5.74) is -3.41. The smallest absolute Gasteiger partial charge is 0.353 e. The van der Waals surface area contributed by atoms with E-state index >= 15 is 0 Å². The lowest BCUT2D eigenvalue weighted by atomic mass is 9.89. The second kappa shape index (κ2) is 7.57. The number of urea groups is 1. The van der Waals surface area contributed by atoms with Gasteiger partial charge in [-0.2, -0.15) is 13.2 Å². The standard InChI is InChI=1S/C20H23F3N4O3/c21-20(22,23)19(14-4-2-1-3-5-14)17(29)27(18(30)25-19)12-26-10-8-13(9-11-26)16(28)24-15-6-7-15/h1-5,13,15H,6-12H2,(H,24,28)(H,25,30). The first-order valence-electron chi connectivity index (χ1n) is 10.0. The Morgan fingerprint density at radius 2 is 1.73 bits per heavy atom. The molecule has 1 saturated carbocycles. The lowest BCUT2D eigenvalue weighted by molar-refractivity contribution is -0.198. The van der Waals surface area contributed by atoms with Gasteiger partial charge in [0, 0.05) is 25.0 Å². The van der Waals surface area contributed by atoms with Gasteiger partial charge in [-0.25, -0.2) is 9.69 Å². The Hall–Kier alpha value is -2.62. The molecule has 162 valence electrons. The highest BCUT2D eigenvalue weighted by atomic mass is 19.4. The van der Waals surface area contributed by atoms with Crippen molar-refractivity contribution in [2.45, 2.75) is 43.4 Å². The zero-order chi connectivity index (χ0) is 21.5. The molecular formula is C20H23F3N4O3. The number of piperidine rings is 1. The number of hydrogen-bond donors (Lipinski definition) is 2. The maximum Gasteiger partial charge on any atom is 0.425 e. The average Bonchev–Trinajstić information content (AvgIpc) is 3.49. The Morgan fingerprint density at radius 1 is 1.10 bits per heavy atom. The van der Waals surface area contributed by atoms with Crippen LogP contribution in [-0.4, -0.2) is 59.6 Å². The average molecular weight is 424 g/mol. The van der Waals surface area contributed by atoms with E-state index in [9.17, 15) is 27.6 Å². The van der Waals surface area contributed by atoms with Crippen LogP contribution < -0.4 is 10.6 Å². The van der Waals surface area contributed by atoms with E-state index in [1.165, 1.54) is 30.3 Å². The molecule has 0 spiro atoms. The molecule has 0 aromatic heterocycles. The van der Waals surface area contributed by atoms with Gasteiger partial charge in [-0.3, -0.25) is 14.5 Å². The summed E-state index contributed by atoms with van der Waals surface area (Å²) in [6.07, 6.45) is -1.93. The van der Waals surface area contributed by atoms with E-state index in [1.807, 2.05) is 5.32 Å². The Morgan fingerprint density at radius 3 is 2.30 bits per heavy atom. The number of carbonyl (C=O) groups excluding carboxylic acids is 3. The predicted octanol–water partition coefficient (Wildman–Crippen LogP) is 1.94. The van der Waals surface area contributed by atoms with Gasteiger partial charge < -0.3 is 10.6 Å². The third-order valence-electron chi connectivity index (χ3n) is 5.96. The molecule has 1 atom stereocenters. The predicted molar refractivity (Wildman–Crippen MR) is 99.9 cm³/mol. The number of imide groups is 1. The number of carbonyl (C=O) groups is 3. The highest BCUT2D eigenvalue weighted by Crippen LogP contribution is 2.43. The van der Waals surface area contributed by atoms with Crippen molar-refractivity contribution in [2.75, 3.05) is 19.8 Å². The fraction of sp³-hybridized carbons (Fsp3) is 0.550. The Balaban J connectivity index is 1.45. The number of likely N-dealkylation sites (tertiary alicyclic amines) is 1. The van der Waals surface area contributed by atoms with Crippen LogP contribution in [0, 0.1) is 5.92 Å². The quantitative estimate of drug-likeness (QED) is 0.708. The van der Waals surface area contributed by atoms with Crippen molar-refractivity contribution in [1.82, 2.24) is 20.4 Å². The first kappa shape index (κ1) is 20.6. The molecule has 2 heterocycles. The van der Waals surface area contributed by atoms with Gasteiger partial charge in [-0.1, -0.05) is 30.3 Å². The molecule has 1 aromatic rings. The van der Waals surface area contributed by atoms with Crippen LogP contribution in [0.5, 0.6) is 0 Å². The topological polar surface area (TPSA) is 81.8 Å². The summed E-state index contributed by atoms with van der Waals surface area (Å²) in [5.74, 6) is -1.48. The van der Waals surface area contributed by atoms with Crippen LogP contribution >= 0.6 is 0 Å². The number of nitrogens with zero attached hydrogens (tertiary/aromatic N) is 2. The SMILES string of the molecule is O=C(NC1CC1)C1CCN(CN2C(=O)NC(c3ccccc3)(C(F)(F)F)C2=O)CC1. The zero-order valence-electron chi connectivity index (χ0n) is 16.2. The van der Waals surface area contributed by atoms with E-state index in [1.54, 1.807) is 4.90 Å². The lowest BCUT2D eigenvalue weighted by Crippen LogP contribution is -2.56. The van der Waals surface area contributed by atoms with E-state index in [0.717, 1.165) is 12.8 Å². The highest BCUT2D eigenvalue weighted by molar-refractivity contribution is 6.08. The number of amides is 4. The van der Waals surface area contributed by atoms with E-state index in [-0.39, 0.29) is 30.1 Å².